The van der Waals surface area contributed by atoms with Gasteiger partial charge >= 0.3 is 7.12 Å². The molecule has 0 aromatic heterocycles. The minimum absolute atomic E-state index is 0.424. The number of hydrogen-bond acceptors (Lipinski definition) is 3. The molecule has 3 nitrogen and oxygen atoms in total. The van der Waals surface area contributed by atoms with Crippen molar-refractivity contribution in [3.05, 3.63) is 29.8 Å². The lowest BCUT2D eigenvalue weighted by atomic mass is 9.74. The van der Waals surface area contributed by atoms with Gasteiger partial charge in [0.2, 0.25) is 0 Å². The first-order valence-corrected chi connectivity index (χ1v) is 4.94. The molecular weight excluding hydrogens is 177 g/mol. The summed E-state index contributed by atoms with van der Waals surface area (Å²) < 4.78 is 0. The van der Waals surface area contributed by atoms with Gasteiger partial charge in [-0.3, -0.25) is 0 Å². The molecule has 0 amide bonds. The number of rotatable bonds is 2. The van der Waals surface area contributed by atoms with Gasteiger partial charge in [-0.05, 0) is 29.9 Å². The predicted molar refractivity (Wildman–Crippen MR) is 56.5 cm³/mol. The van der Waals surface area contributed by atoms with E-state index in [-0.39, 0.29) is 0 Å². The molecule has 2 rings (SSSR count). The third-order valence-electron chi connectivity index (χ3n) is 2.77. The highest BCUT2D eigenvalue weighted by Gasteiger charge is 2.23. The highest BCUT2D eigenvalue weighted by atomic mass is 16.4. The predicted octanol–water partition coefficient (Wildman–Crippen LogP) is -0.557. The Morgan fingerprint density at radius 3 is 2.71 bits per heavy atom. The van der Waals surface area contributed by atoms with Gasteiger partial charge in [0.05, 0.1) is 0 Å². The molecule has 14 heavy (non-hydrogen) atoms. The molecule has 0 bridgehead atoms. The second-order valence-corrected chi connectivity index (χ2v) is 3.69. The summed E-state index contributed by atoms with van der Waals surface area (Å²) in [6.07, 6.45) is 1.07. The molecule has 1 aromatic rings. The highest BCUT2D eigenvalue weighted by Crippen LogP contribution is 2.20. The molecule has 0 saturated carbocycles. The minimum Gasteiger partial charge on any atom is -0.423 e. The van der Waals surface area contributed by atoms with Gasteiger partial charge in [-0.1, -0.05) is 24.3 Å². The zero-order valence-electron chi connectivity index (χ0n) is 7.98. The van der Waals surface area contributed by atoms with Crippen molar-refractivity contribution in [3.8, 4) is 0 Å². The third kappa shape index (κ3) is 1.82. The van der Waals surface area contributed by atoms with Gasteiger partial charge in [0.25, 0.3) is 0 Å². The summed E-state index contributed by atoms with van der Waals surface area (Å²) in [6.45, 7) is 1.95. The van der Waals surface area contributed by atoms with Gasteiger partial charge in [0, 0.05) is 6.54 Å². The van der Waals surface area contributed by atoms with Gasteiger partial charge in [-0.25, -0.2) is 0 Å². The Balaban J connectivity index is 2.30. The number of benzene rings is 1. The van der Waals surface area contributed by atoms with Crippen molar-refractivity contribution in [1.29, 1.82) is 0 Å². The van der Waals surface area contributed by atoms with Crippen LogP contribution in [0.25, 0.3) is 0 Å². The van der Waals surface area contributed by atoms with E-state index in [1.807, 2.05) is 18.2 Å². The van der Waals surface area contributed by atoms with E-state index in [1.165, 1.54) is 0 Å². The zero-order valence-corrected chi connectivity index (χ0v) is 7.98. The molecule has 1 saturated heterocycles. The van der Waals surface area contributed by atoms with Gasteiger partial charge < -0.3 is 15.4 Å². The number of hydrogen-bond donors (Lipinski definition) is 3. The molecule has 3 N–H and O–H groups in total. The Labute approximate surface area is 83.9 Å². The van der Waals surface area contributed by atoms with E-state index in [0.29, 0.717) is 11.4 Å². The smallest absolute Gasteiger partial charge is 0.423 e. The lowest BCUT2D eigenvalue weighted by molar-refractivity contribution is 0.425. The van der Waals surface area contributed by atoms with Gasteiger partial charge in [0.1, 0.15) is 0 Å². The monoisotopic (exact) mass is 191 g/mol. The molecule has 1 heterocycles. The van der Waals surface area contributed by atoms with Crippen LogP contribution in [0, 0.1) is 0 Å². The van der Waals surface area contributed by atoms with Crippen LogP contribution in [0.2, 0.25) is 0 Å². The molecule has 1 fully saturated rings. The maximum atomic E-state index is 9.20. The molecule has 1 atom stereocenters. The summed E-state index contributed by atoms with van der Waals surface area (Å²) in [5.41, 5.74) is 1.70. The Morgan fingerprint density at radius 2 is 2.07 bits per heavy atom. The van der Waals surface area contributed by atoms with Crippen LogP contribution in [0.3, 0.4) is 0 Å². The van der Waals surface area contributed by atoms with Crippen LogP contribution in [-0.4, -0.2) is 30.3 Å². The van der Waals surface area contributed by atoms with Crippen molar-refractivity contribution in [2.24, 2.45) is 0 Å². The molecule has 0 radical (unpaired) electrons. The molecule has 0 spiro atoms. The van der Waals surface area contributed by atoms with Crippen molar-refractivity contribution in [1.82, 2.24) is 5.32 Å². The van der Waals surface area contributed by atoms with E-state index >= 15 is 0 Å². The van der Waals surface area contributed by atoms with Crippen molar-refractivity contribution in [2.45, 2.75) is 12.3 Å². The molecule has 0 aliphatic carbocycles. The summed E-state index contributed by atoms with van der Waals surface area (Å²) in [7, 11) is -1.35. The fourth-order valence-electron chi connectivity index (χ4n) is 2.04. The third-order valence-corrected chi connectivity index (χ3v) is 2.77. The number of nitrogens with one attached hydrogen (secondary N) is 1. The molecule has 1 aliphatic rings. The van der Waals surface area contributed by atoms with Crippen LogP contribution >= 0.6 is 0 Å². The molecular formula is C10H14BNO2. The van der Waals surface area contributed by atoms with E-state index in [4.69, 9.17) is 0 Å². The molecule has 4 heteroatoms. The normalized spacial score (nSPS) is 21.1. The van der Waals surface area contributed by atoms with Crippen LogP contribution in [0.5, 0.6) is 0 Å². The Morgan fingerprint density at radius 1 is 1.29 bits per heavy atom. The lowest BCUT2D eigenvalue weighted by Gasteiger charge is -2.13. The summed E-state index contributed by atoms with van der Waals surface area (Å²) in [5.74, 6) is 0.424. The molecule has 74 valence electrons. The topological polar surface area (TPSA) is 52.5 Å². The van der Waals surface area contributed by atoms with Gasteiger partial charge in [-0.15, -0.1) is 0 Å². The van der Waals surface area contributed by atoms with Gasteiger partial charge in [-0.2, -0.15) is 0 Å². The van der Waals surface area contributed by atoms with Crippen molar-refractivity contribution in [2.75, 3.05) is 13.1 Å². The van der Waals surface area contributed by atoms with Crippen LogP contribution in [0.4, 0.5) is 0 Å². The maximum absolute atomic E-state index is 9.20. The van der Waals surface area contributed by atoms with Crippen LogP contribution in [0.15, 0.2) is 24.3 Å². The fourth-order valence-corrected chi connectivity index (χ4v) is 2.04. The molecule has 1 aliphatic heterocycles. The maximum Gasteiger partial charge on any atom is 0.488 e. The quantitative estimate of drug-likeness (QED) is 0.549. The average molecular weight is 191 g/mol. The van der Waals surface area contributed by atoms with E-state index < -0.39 is 7.12 Å². The first kappa shape index (κ1) is 9.71. The summed E-state index contributed by atoms with van der Waals surface area (Å²) in [4.78, 5) is 0. The summed E-state index contributed by atoms with van der Waals surface area (Å²) >= 11 is 0. The standard InChI is InChI=1S/C10H14BNO2/c13-11(14)10-4-2-1-3-9(10)8-5-6-12-7-8/h1-4,8,12-14H,5-7H2. The minimum atomic E-state index is -1.35. The summed E-state index contributed by atoms with van der Waals surface area (Å²) in [6, 6.07) is 7.53. The SMILES string of the molecule is OB(O)c1ccccc1C1CCNC1. The largest absolute Gasteiger partial charge is 0.488 e. The second kappa shape index (κ2) is 4.13. The van der Waals surface area contributed by atoms with Crippen LogP contribution in [0.1, 0.15) is 17.9 Å². The van der Waals surface area contributed by atoms with Gasteiger partial charge in [0.15, 0.2) is 0 Å². The highest BCUT2D eigenvalue weighted by molar-refractivity contribution is 6.59. The molecule has 1 unspecified atom stereocenters. The average Bonchev–Trinajstić information content (AvgIpc) is 2.70. The van der Waals surface area contributed by atoms with E-state index in [1.54, 1.807) is 6.07 Å². The Bertz CT molecular complexity index is 311. The summed E-state index contributed by atoms with van der Waals surface area (Å²) in [5, 5.41) is 21.7. The zero-order chi connectivity index (χ0) is 9.97. The van der Waals surface area contributed by atoms with E-state index in [0.717, 1.165) is 25.1 Å². The van der Waals surface area contributed by atoms with E-state index in [9.17, 15) is 10.0 Å². The first-order chi connectivity index (χ1) is 6.79. The Kier molecular flexibility index (Phi) is 2.86. The fraction of sp³-hybridized carbons (Fsp3) is 0.400. The van der Waals surface area contributed by atoms with Crippen molar-refractivity contribution >= 4 is 12.6 Å². The second-order valence-electron chi connectivity index (χ2n) is 3.69. The Hall–Kier alpha value is -0.835. The van der Waals surface area contributed by atoms with Crippen molar-refractivity contribution in [3.63, 3.8) is 0 Å². The molecule has 1 aromatic carbocycles. The lowest BCUT2D eigenvalue weighted by Crippen LogP contribution is -2.34. The van der Waals surface area contributed by atoms with Crippen molar-refractivity contribution < 1.29 is 10.0 Å². The van der Waals surface area contributed by atoms with Crippen LogP contribution < -0.4 is 10.8 Å². The first-order valence-electron chi connectivity index (χ1n) is 4.94. The van der Waals surface area contributed by atoms with Crippen LogP contribution in [-0.2, 0) is 0 Å². The van der Waals surface area contributed by atoms with E-state index in [2.05, 4.69) is 5.32 Å².